The molecule has 0 heteroatoms. The van der Waals surface area contributed by atoms with Gasteiger partial charge in [-0.15, -0.1) is 0 Å². The topological polar surface area (TPSA) is 0 Å². The van der Waals surface area contributed by atoms with Crippen LogP contribution >= 0.6 is 0 Å². The largest absolute Gasteiger partial charge is 0.0842 e. The molecule has 2 atom stereocenters. The predicted octanol–water partition coefficient (Wildman–Crippen LogP) is 4.09. The van der Waals surface area contributed by atoms with E-state index in [2.05, 4.69) is 26.0 Å². The van der Waals surface area contributed by atoms with Gasteiger partial charge in [0.05, 0.1) is 0 Å². The summed E-state index contributed by atoms with van der Waals surface area (Å²) >= 11 is 0. The Morgan fingerprint density at radius 1 is 1.38 bits per heavy atom. The average molecular weight is 176 g/mol. The maximum Gasteiger partial charge on any atom is -0.0137 e. The summed E-state index contributed by atoms with van der Waals surface area (Å²) in [7, 11) is 0. The van der Waals surface area contributed by atoms with Crippen LogP contribution in [-0.4, -0.2) is 0 Å². The highest BCUT2D eigenvalue weighted by Crippen LogP contribution is 2.42. The lowest BCUT2D eigenvalue weighted by Crippen LogP contribution is -2.23. The molecule has 2 aliphatic rings. The van der Waals surface area contributed by atoms with Crippen LogP contribution in [0.3, 0.4) is 0 Å². The third-order valence-electron chi connectivity index (χ3n) is 3.76. The molecule has 1 fully saturated rings. The summed E-state index contributed by atoms with van der Waals surface area (Å²) < 4.78 is 0. The molecule has 1 saturated carbocycles. The van der Waals surface area contributed by atoms with E-state index in [9.17, 15) is 0 Å². The Kier molecular flexibility index (Phi) is 2.57. The Morgan fingerprint density at radius 2 is 2.23 bits per heavy atom. The second kappa shape index (κ2) is 3.69. The van der Waals surface area contributed by atoms with Crippen LogP contribution in [0.1, 0.15) is 46.0 Å². The monoisotopic (exact) mass is 176 g/mol. The molecule has 0 heterocycles. The molecule has 2 aliphatic carbocycles. The van der Waals surface area contributed by atoms with E-state index in [1.54, 1.807) is 11.1 Å². The van der Waals surface area contributed by atoms with E-state index >= 15 is 0 Å². The first-order valence-electron chi connectivity index (χ1n) is 5.68. The molecule has 72 valence electrons. The second-order valence-corrected chi connectivity index (χ2v) is 4.53. The van der Waals surface area contributed by atoms with Crippen molar-refractivity contribution in [1.29, 1.82) is 0 Å². The summed E-state index contributed by atoms with van der Waals surface area (Å²) in [4.78, 5) is 0. The Hall–Kier alpha value is -0.520. The highest BCUT2D eigenvalue weighted by molar-refractivity contribution is 5.36. The fourth-order valence-corrected chi connectivity index (χ4v) is 2.90. The van der Waals surface area contributed by atoms with Gasteiger partial charge in [0.25, 0.3) is 0 Å². The van der Waals surface area contributed by atoms with E-state index in [0.29, 0.717) is 0 Å². The quantitative estimate of drug-likeness (QED) is 0.521. The molecular weight excluding hydrogens is 156 g/mol. The van der Waals surface area contributed by atoms with E-state index in [1.807, 2.05) is 0 Å². The molecule has 0 bridgehead atoms. The molecule has 0 radical (unpaired) electrons. The highest BCUT2D eigenvalue weighted by atomic mass is 14.3. The van der Waals surface area contributed by atoms with Crippen molar-refractivity contribution in [1.82, 2.24) is 0 Å². The Morgan fingerprint density at radius 3 is 3.00 bits per heavy atom. The van der Waals surface area contributed by atoms with Crippen LogP contribution in [0, 0.1) is 11.8 Å². The molecule has 0 saturated heterocycles. The molecule has 0 aromatic rings. The molecule has 0 spiro atoms. The molecule has 0 amide bonds. The Balaban J connectivity index is 2.27. The zero-order valence-electron chi connectivity index (χ0n) is 8.84. The zero-order chi connectivity index (χ0) is 9.26. The van der Waals surface area contributed by atoms with Crippen LogP contribution in [0.5, 0.6) is 0 Å². The summed E-state index contributed by atoms with van der Waals surface area (Å²) in [5, 5.41) is 0. The summed E-state index contributed by atoms with van der Waals surface area (Å²) in [6, 6.07) is 0. The molecule has 0 aliphatic heterocycles. The first kappa shape index (κ1) is 9.05. The van der Waals surface area contributed by atoms with Crippen molar-refractivity contribution < 1.29 is 0 Å². The number of hydrogen-bond acceptors (Lipinski definition) is 0. The van der Waals surface area contributed by atoms with Crippen molar-refractivity contribution in [2.45, 2.75) is 46.0 Å². The second-order valence-electron chi connectivity index (χ2n) is 4.53. The Labute approximate surface area is 81.7 Å². The van der Waals surface area contributed by atoms with Crippen molar-refractivity contribution >= 4 is 0 Å². The molecular formula is C13H20. The van der Waals surface area contributed by atoms with Gasteiger partial charge in [0.2, 0.25) is 0 Å². The third kappa shape index (κ3) is 1.59. The highest BCUT2D eigenvalue weighted by Gasteiger charge is 2.29. The summed E-state index contributed by atoms with van der Waals surface area (Å²) in [5.41, 5.74) is 3.34. The summed E-state index contributed by atoms with van der Waals surface area (Å²) in [6.45, 7) is 4.62. The SMILES string of the molecule is C/C=C1/CC[C@H](C)[C@H]2CCCC=C12. The third-order valence-corrected chi connectivity index (χ3v) is 3.76. The van der Waals surface area contributed by atoms with Gasteiger partial charge in [0.1, 0.15) is 0 Å². The molecule has 13 heavy (non-hydrogen) atoms. The minimum Gasteiger partial charge on any atom is -0.0842 e. The standard InChI is InChI=1S/C13H20/c1-3-11-9-8-10(2)12-6-4-5-7-13(11)12/h3,7,10,12H,4-6,8-9H2,1-2H3/b11-3-/t10-,12+/m0/s1. The molecule has 0 N–H and O–H groups in total. The lowest BCUT2D eigenvalue weighted by atomic mass is 9.69. The smallest absolute Gasteiger partial charge is 0.0137 e. The maximum absolute atomic E-state index is 2.50. The van der Waals surface area contributed by atoms with E-state index in [-0.39, 0.29) is 0 Å². The van der Waals surface area contributed by atoms with E-state index in [0.717, 1.165) is 11.8 Å². The van der Waals surface area contributed by atoms with Gasteiger partial charge in [-0.2, -0.15) is 0 Å². The molecule has 0 unspecified atom stereocenters. The van der Waals surface area contributed by atoms with Crippen LogP contribution in [-0.2, 0) is 0 Å². The lowest BCUT2D eigenvalue weighted by Gasteiger charge is -2.36. The minimum atomic E-state index is 0.897. The van der Waals surface area contributed by atoms with Gasteiger partial charge in [-0.1, -0.05) is 19.1 Å². The summed E-state index contributed by atoms with van der Waals surface area (Å²) in [5.74, 6) is 1.82. The fourth-order valence-electron chi connectivity index (χ4n) is 2.90. The number of fused-ring (bicyclic) bond motifs is 1. The van der Waals surface area contributed by atoms with E-state index in [1.165, 1.54) is 32.1 Å². The number of rotatable bonds is 0. The minimum absolute atomic E-state index is 0.897. The van der Waals surface area contributed by atoms with Gasteiger partial charge in [-0.25, -0.2) is 0 Å². The number of allylic oxidation sites excluding steroid dienone is 4. The lowest BCUT2D eigenvalue weighted by molar-refractivity contribution is 0.324. The van der Waals surface area contributed by atoms with Gasteiger partial charge in [0, 0.05) is 0 Å². The number of hydrogen-bond donors (Lipinski definition) is 0. The van der Waals surface area contributed by atoms with E-state index in [4.69, 9.17) is 0 Å². The van der Waals surface area contributed by atoms with Crippen LogP contribution in [0.25, 0.3) is 0 Å². The van der Waals surface area contributed by atoms with Crippen molar-refractivity contribution in [3.8, 4) is 0 Å². The fraction of sp³-hybridized carbons (Fsp3) is 0.692. The predicted molar refractivity (Wildman–Crippen MR) is 57.6 cm³/mol. The summed E-state index contributed by atoms with van der Waals surface area (Å²) in [6.07, 6.45) is 11.7. The van der Waals surface area contributed by atoms with Crippen molar-refractivity contribution in [2.24, 2.45) is 11.8 Å². The van der Waals surface area contributed by atoms with Crippen molar-refractivity contribution in [2.75, 3.05) is 0 Å². The van der Waals surface area contributed by atoms with Gasteiger partial charge in [-0.05, 0) is 62.0 Å². The van der Waals surface area contributed by atoms with E-state index < -0.39 is 0 Å². The zero-order valence-corrected chi connectivity index (χ0v) is 8.84. The van der Waals surface area contributed by atoms with Crippen LogP contribution in [0.4, 0.5) is 0 Å². The Bertz CT molecular complexity index is 245. The van der Waals surface area contributed by atoms with Crippen LogP contribution < -0.4 is 0 Å². The van der Waals surface area contributed by atoms with Gasteiger partial charge in [0.15, 0.2) is 0 Å². The van der Waals surface area contributed by atoms with Gasteiger partial charge in [-0.3, -0.25) is 0 Å². The molecule has 0 nitrogen and oxygen atoms in total. The van der Waals surface area contributed by atoms with Gasteiger partial charge < -0.3 is 0 Å². The van der Waals surface area contributed by atoms with Gasteiger partial charge >= 0.3 is 0 Å². The molecule has 2 rings (SSSR count). The molecule has 0 aromatic heterocycles. The normalized spacial score (nSPS) is 37.1. The van der Waals surface area contributed by atoms with Crippen LogP contribution in [0.15, 0.2) is 23.3 Å². The first-order chi connectivity index (χ1) is 6.33. The maximum atomic E-state index is 2.50. The van der Waals surface area contributed by atoms with Crippen molar-refractivity contribution in [3.63, 3.8) is 0 Å². The van der Waals surface area contributed by atoms with Crippen LogP contribution in [0.2, 0.25) is 0 Å². The average Bonchev–Trinajstić information content (AvgIpc) is 2.19. The van der Waals surface area contributed by atoms with Crippen molar-refractivity contribution in [3.05, 3.63) is 23.3 Å². The first-order valence-corrected chi connectivity index (χ1v) is 5.68. The molecule has 0 aromatic carbocycles.